The van der Waals surface area contributed by atoms with Crippen molar-refractivity contribution in [3.63, 3.8) is 0 Å². The summed E-state index contributed by atoms with van der Waals surface area (Å²) < 4.78 is 0. The third kappa shape index (κ3) is 5.15. The maximum atomic E-state index is 9.85. The molecule has 4 rings (SSSR count). The van der Waals surface area contributed by atoms with Crippen LogP contribution in [0.15, 0.2) is 48.5 Å². The van der Waals surface area contributed by atoms with Gasteiger partial charge in [0.05, 0.1) is 11.6 Å². The van der Waals surface area contributed by atoms with Crippen molar-refractivity contribution in [2.75, 3.05) is 58.3 Å². The molecule has 2 aliphatic rings. The molecule has 0 amide bonds. The van der Waals surface area contributed by atoms with Gasteiger partial charge in [-0.05, 0) is 51.6 Å². The van der Waals surface area contributed by atoms with Crippen LogP contribution in [0.5, 0.6) is 0 Å². The Labute approximate surface area is 193 Å². The quantitative estimate of drug-likeness (QED) is 0.692. The number of likely N-dealkylation sites (N-methyl/N-ethyl adjacent to an activating group) is 1. The number of piperazine rings is 1. The molecule has 2 atom stereocenters. The van der Waals surface area contributed by atoms with E-state index in [9.17, 15) is 5.26 Å². The number of nitrogens with zero attached hydrogens (tertiary/aromatic N) is 5. The second-order valence-corrected chi connectivity index (χ2v) is 9.52. The van der Waals surface area contributed by atoms with E-state index in [4.69, 9.17) is 0 Å². The molecule has 2 heterocycles. The molecule has 0 aliphatic carbocycles. The van der Waals surface area contributed by atoms with Crippen molar-refractivity contribution < 1.29 is 0 Å². The third-order valence-electron chi connectivity index (χ3n) is 7.36. The molecule has 32 heavy (non-hydrogen) atoms. The van der Waals surface area contributed by atoms with E-state index in [1.54, 1.807) is 0 Å². The maximum Gasteiger partial charge on any atom is 0.0995 e. The summed E-state index contributed by atoms with van der Waals surface area (Å²) in [4.78, 5) is 9.96. The van der Waals surface area contributed by atoms with Crippen LogP contribution < -0.4 is 4.90 Å². The van der Waals surface area contributed by atoms with Gasteiger partial charge in [-0.15, -0.1) is 0 Å². The van der Waals surface area contributed by atoms with Crippen molar-refractivity contribution in [2.45, 2.75) is 38.4 Å². The predicted octanol–water partition coefficient (Wildman–Crippen LogP) is 3.97. The standard InChI is InChI=1S/C27H37N5/c1-22(23-9-5-4-6-10-23)31-17-15-30(16-18-31)21-26-24(19-28)11-7-13-27(26)32-14-8-12-25(20-32)29(2)3/h4-7,9-11,13,22,25H,8,12,14-18,20-21H2,1-3H3. The smallest absolute Gasteiger partial charge is 0.0995 e. The number of benzene rings is 2. The second-order valence-electron chi connectivity index (χ2n) is 9.52. The first-order valence-corrected chi connectivity index (χ1v) is 12.0. The van der Waals surface area contributed by atoms with Gasteiger partial charge in [-0.3, -0.25) is 9.80 Å². The molecule has 0 radical (unpaired) electrons. The highest BCUT2D eigenvalue weighted by Crippen LogP contribution is 2.30. The Balaban J connectivity index is 1.45. The minimum atomic E-state index is 0.441. The van der Waals surface area contributed by atoms with Gasteiger partial charge in [0.15, 0.2) is 0 Å². The van der Waals surface area contributed by atoms with Crippen LogP contribution in [0, 0.1) is 11.3 Å². The first-order valence-electron chi connectivity index (χ1n) is 12.0. The van der Waals surface area contributed by atoms with E-state index >= 15 is 0 Å². The lowest BCUT2D eigenvalue weighted by atomic mass is 9.99. The Kier molecular flexibility index (Phi) is 7.47. The molecule has 5 heteroatoms. The number of nitriles is 1. The summed E-state index contributed by atoms with van der Waals surface area (Å²) in [5.74, 6) is 0. The van der Waals surface area contributed by atoms with Crippen molar-refractivity contribution in [3.8, 4) is 6.07 Å². The van der Waals surface area contributed by atoms with Gasteiger partial charge in [-0.2, -0.15) is 5.26 Å². The SMILES string of the molecule is CC(c1ccccc1)N1CCN(Cc2c(C#N)cccc2N2CCCC(N(C)C)C2)CC1. The van der Waals surface area contributed by atoms with Gasteiger partial charge in [-0.25, -0.2) is 0 Å². The van der Waals surface area contributed by atoms with Gasteiger partial charge >= 0.3 is 0 Å². The lowest BCUT2D eigenvalue weighted by Crippen LogP contribution is -2.47. The van der Waals surface area contributed by atoms with Gasteiger partial charge in [-0.1, -0.05) is 36.4 Å². The highest BCUT2D eigenvalue weighted by molar-refractivity contribution is 5.60. The number of anilines is 1. The van der Waals surface area contributed by atoms with Gasteiger partial charge in [0, 0.05) is 69.1 Å². The van der Waals surface area contributed by atoms with Crippen molar-refractivity contribution in [2.24, 2.45) is 0 Å². The minimum absolute atomic E-state index is 0.441. The summed E-state index contributed by atoms with van der Waals surface area (Å²) in [6.07, 6.45) is 2.45. The van der Waals surface area contributed by atoms with Gasteiger partial charge < -0.3 is 9.80 Å². The Morgan fingerprint density at radius 3 is 2.44 bits per heavy atom. The zero-order valence-corrected chi connectivity index (χ0v) is 19.9. The van der Waals surface area contributed by atoms with Crippen LogP contribution in [0.2, 0.25) is 0 Å². The Bertz CT molecular complexity index is 911. The zero-order valence-electron chi connectivity index (χ0n) is 19.9. The average Bonchev–Trinajstić information content (AvgIpc) is 2.85. The van der Waals surface area contributed by atoms with Crippen LogP contribution in [0.25, 0.3) is 0 Å². The molecule has 2 aromatic carbocycles. The lowest BCUT2D eigenvalue weighted by molar-refractivity contribution is 0.0978. The molecule has 2 saturated heterocycles. The monoisotopic (exact) mass is 431 g/mol. The predicted molar refractivity (Wildman–Crippen MR) is 132 cm³/mol. The van der Waals surface area contributed by atoms with Crippen LogP contribution in [-0.2, 0) is 6.54 Å². The van der Waals surface area contributed by atoms with Crippen LogP contribution >= 0.6 is 0 Å². The van der Waals surface area contributed by atoms with E-state index in [2.05, 4.69) is 89.2 Å². The van der Waals surface area contributed by atoms with Gasteiger partial charge in [0.2, 0.25) is 0 Å². The lowest BCUT2D eigenvalue weighted by Gasteiger charge is -2.40. The molecule has 0 spiro atoms. The van der Waals surface area contributed by atoms with Crippen LogP contribution in [0.1, 0.15) is 42.5 Å². The molecular formula is C27H37N5. The number of hydrogen-bond donors (Lipinski definition) is 0. The van der Waals surface area contributed by atoms with Crippen LogP contribution in [0.3, 0.4) is 0 Å². The van der Waals surface area contributed by atoms with Crippen LogP contribution in [-0.4, -0.2) is 74.1 Å². The number of hydrogen-bond acceptors (Lipinski definition) is 5. The first kappa shape index (κ1) is 22.8. The van der Waals surface area contributed by atoms with E-state index in [1.165, 1.54) is 29.7 Å². The normalized spacial score (nSPS) is 21.5. The fraction of sp³-hybridized carbons (Fsp3) is 0.519. The third-order valence-corrected chi connectivity index (χ3v) is 7.36. The topological polar surface area (TPSA) is 36.8 Å². The summed E-state index contributed by atoms with van der Waals surface area (Å²) in [7, 11) is 4.35. The van der Waals surface area contributed by atoms with Crippen molar-refractivity contribution in [1.29, 1.82) is 5.26 Å². The van der Waals surface area contributed by atoms with Crippen molar-refractivity contribution in [1.82, 2.24) is 14.7 Å². The highest BCUT2D eigenvalue weighted by Gasteiger charge is 2.26. The number of rotatable bonds is 6. The summed E-state index contributed by atoms with van der Waals surface area (Å²) in [5.41, 5.74) is 4.68. The molecule has 2 aromatic rings. The van der Waals surface area contributed by atoms with Gasteiger partial charge in [0.1, 0.15) is 0 Å². The average molecular weight is 432 g/mol. The van der Waals surface area contributed by atoms with E-state index in [0.717, 1.165) is 51.4 Å². The minimum Gasteiger partial charge on any atom is -0.370 e. The first-order chi connectivity index (χ1) is 15.6. The molecule has 2 aliphatic heterocycles. The summed E-state index contributed by atoms with van der Waals surface area (Å²) in [6, 6.07) is 20.5. The highest BCUT2D eigenvalue weighted by atomic mass is 15.3. The van der Waals surface area contributed by atoms with E-state index in [-0.39, 0.29) is 0 Å². The van der Waals surface area contributed by atoms with Crippen molar-refractivity contribution >= 4 is 5.69 Å². The summed E-state index contributed by atoms with van der Waals surface area (Å²) in [5, 5.41) is 9.85. The Hall–Kier alpha value is -2.39. The molecule has 0 aromatic heterocycles. The molecular weight excluding hydrogens is 394 g/mol. The molecule has 2 fully saturated rings. The second kappa shape index (κ2) is 10.5. The fourth-order valence-corrected chi connectivity index (χ4v) is 5.21. The largest absolute Gasteiger partial charge is 0.370 e. The zero-order chi connectivity index (χ0) is 22.5. The summed E-state index contributed by atoms with van der Waals surface area (Å²) >= 11 is 0. The van der Waals surface area contributed by atoms with E-state index < -0.39 is 0 Å². The molecule has 0 saturated carbocycles. The Morgan fingerprint density at radius 2 is 1.75 bits per heavy atom. The molecule has 2 unspecified atom stereocenters. The molecule has 170 valence electrons. The number of piperidine rings is 1. The van der Waals surface area contributed by atoms with Crippen molar-refractivity contribution in [3.05, 3.63) is 65.2 Å². The summed E-state index contributed by atoms with van der Waals surface area (Å²) in [6.45, 7) is 9.49. The van der Waals surface area contributed by atoms with Gasteiger partial charge in [0.25, 0.3) is 0 Å². The molecule has 0 bridgehead atoms. The van der Waals surface area contributed by atoms with E-state index in [1.807, 2.05) is 6.07 Å². The van der Waals surface area contributed by atoms with Crippen LogP contribution in [0.4, 0.5) is 5.69 Å². The molecule has 5 nitrogen and oxygen atoms in total. The Morgan fingerprint density at radius 1 is 1.00 bits per heavy atom. The fourth-order valence-electron chi connectivity index (χ4n) is 5.21. The van der Waals surface area contributed by atoms with E-state index in [0.29, 0.717) is 12.1 Å². The maximum absolute atomic E-state index is 9.85. The molecule has 0 N–H and O–H groups in total.